The average Bonchev–Trinajstić information content (AvgIpc) is 2.95. The fourth-order valence-corrected chi connectivity index (χ4v) is 3.03. The van der Waals surface area contributed by atoms with Crippen molar-refractivity contribution in [1.82, 2.24) is 15.5 Å². The molecule has 1 aromatic heterocycles. The monoisotopic (exact) mass is 281 g/mol. The number of hydrogen-bond donors (Lipinski definition) is 1. The number of ether oxygens (including phenoxy) is 1. The van der Waals surface area contributed by atoms with Crippen LogP contribution >= 0.6 is 0 Å². The number of aromatic nitrogens is 2. The van der Waals surface area contributed by atoms with Crippen molar-refractivity contribution in [2.75, 3.05) is 13.7 Å². The first-order chi connectivity index (χ1) is 9.61. The average molecular weight is 281 g/mol. The Balaban J connectivity index is 2.13. The Morgan fingerprint density at radius 2 is 2.35 bits per heavy atom. The zero-order valence-corrected chi connectivity index (χ0v) is 13.1. The van der Waals surface area contributed by atoms with E-state index in [9.17, 15) is 0 Å². The quantitative estimate of drug-likeness (QED) is 0.867. The maximum absolute atomic E-state index is 5.80. The van der Waals surface area contributed by atoms with E-state index >= 15 is 0 Å². The third-order valence-corrected chi connectivity index (χ3v) is 4.27. The highest BCUT2D eigenvalue weighted by molar-refractivity contribution is 5.05. The van der Waals surface area contributed by atoms with E-state index in [1.54, 1.807) is 7.11 Å². The molecule has 1 N–H and O–H groups in total. The van der Waals surface area contributed by atoms with Gasteiger partial charge in [0.2, 0.25) is 11.7 Å². The molecule has 1 aromatic rings. The molecule has 0 aliphatic heterocycles. The minimum absolute atomic E-state index is 0.0890. The Morgan fingerprint density at radius 1 is 1.55 bits per heavy atom. The molecule has 1 aliphatic carbocycles. The molecule has 1 fully saturated rings. The number of methoxy groups -OCH3 is 1. The SMILES string of the molecule is CCCNC(C)c1nc(C2(OC)CCCC(C)C2)no1. The number of nitrogens with zero attached hydrogens (tertiary/aromatic N) is 2. The molecule has 0 spiro atoms. The van der Waals surface area contributed by atoms with Crippen LogP contribution in [0.25, 0.3) is 0 Å². The maximum atomic E-state index is 5.80. The van der Waals surface area contributed by atoms with Gasteiger partial charge < -0.3 is 14.6 Å². The fourth-order valence-electron chi connectivity index (χ4n) is 3.03. The summed E-state index contributed by atoms with van der Waals surface area (Å²) in [5.41, 5.74) is -0.357. The molecule has 3 unspecified atom stereocenters. The molecule has 5 heteroatoms. The van der Waals surface area contributed by atoms with Crippen LogP contribution in [0.4, 0.5) is 0 Å². The zero-order valence-electron chi connectivity index (χ0n) is 13.1. The lowest BCUT2D eigenvalue weighted by molar-refractivity contribution is -0.0658. The van der Waals surface area contributed by atoms with Gasteiger partial charge in [0.05, 0.1) is 6.04 Å². The molecular formula is C15H27N3O2. The fraction of sp³-hybridized carbons (Fsp3) is 0.867. The second kappa shape index (κ2) is 6.68. The van der Waals surface area contributed by atoms with E-state index in [4.69, 9.17) is 9.26 Å². The summed E-state index contributed by atoms with van der Waals surface area (Å²) >= 11 is 0. The summed E-state index contributed by atoms with van der Waals surface area (Å²) in [5, 5.41) is 7.56. The smallest absolute Gasteiger partial charge is 0.243 e. The molecule has 5 nitrogen and oxygen atoms in total. The summed E-state index contributed by atoms with van der Waals surface area (Å²) in [6, 6.07) is 0.0890. The summed E-state index contributed by atoms with van der Waals surface area (Å²) in [6.07, 6.45) is 5.44. The topological polar surface area (TPSA) is 60.2 Å². The molecular weight excluding hydrogens is 254 g/mol. The number of rotatable bonds is 6. The lowest BCUT2D eigenvalue weighted by atomic mass is 9.78. The molecule has 0 amide bonds. The minimum atomic E-state index is -0.357. The molecule has 1 aliphatic rings. The van der Waals surface area contributed by atoms with Gasteiger partial charge in [-0.1, -0.05) is 25.4 Å². The lowest BCUT2D eigenvalue weighted by Gasteiger charge is -2.36. The number of nitrogens with one attached hydrogen (secondary N) is 1. The van der Waals surface area contributed by atoms with E-state index in [0.29, 0.717) is 17.6 Å². The molecule has 114 valence electrons. The van der Waals surface area contributed by atoms with Crippen LogP contribution in [-0.4, -0.2) is 23.8 Å². The van der Waals surface area contributed by atoms with Gasteiger partial charge in [0, 0.05) is 7.11 Å². The minimum Gasteiger partial charge on any atom is -0.370 e. The van der Waals surface area contributed by atoms with Crippen LogP contribution in [0.1, 0.15) is 70.6 Å². The summed E-state index contributed by atoms with van der Waals surface area (Å²) in [6.45, 7) is 7.41. The molecule has 0 aromatic carbocycles. The Hall–Kier alpha value is -0.940. The first-order valence-electron chi connectivity index (χ1n) is 7.74. The van der Waals surface area contributed by atoms with Crippen molar-refractivity contribution in [2.24, 2.45) is 5.92 Å². The first-order valence-corrected chi connectivity index (χ1v) is 7.74. The molecule has 3 atom stereocenters. The largest absolute Gasteiger partial charge is 0.370 e. The van der Waals surface area contributed by atoms with Gasteiger partial charge in [0.15, 0.2) is 0 Å². The van der Waals surface area contributed by atoms with E-state index in [1.807, 2.05) is 0 Å². The first kappa shape index (κ1) is 15.4. The van der Waals surface area contributed by atoms with Crippen LogP contribution in [0.5, 0.6) is 0 Å². The Kier molecular flexibility index (Phi) is 5.16. The Morgan fingerprint density at radius 3 is 3.00 bits per heavy atom. The van der Waals surface area contributed by atoms with Crippen molar-refractivity contribution in [3.63, 3.8) is 0 Å². The van der Waals surface area contributed by atoms with Crippen molar-refractivity contribution in [3.8, 4) is 0 Å². The molecule has 2 rings (SSSR count). The molecule has 0 bridgehead atoms. The predicted octanol–water partition coefficient (Wildman–Crippen LogP) is 3.18. The lowest BCUT2D eigenvalue weighted by Crippen LogP contribution is -2.35. The molecule has 0 saturated heterocycles. The molecule has 1 heterocycles. The van der Waals surface area contributed by atoms with Crippen molar-refractivity contribution in [3.05, 3.63) is 11.7 Å². The summed E-state index contributed by atoms with van der Waals surface area (Å²) in [7, 11) is 1.76. The van der Waals surface area contributed by atoms with Crippen LogP contribution in [-0.2, 0) is 10.3 Å². The van der Waals surface area contributed by atoms with E-state index in [1.165, 1.54) is 6.42 Å². The van der Waals surface area contributed by atoms with Gasteiger partial charge in [0.25, 0.3) is 0 Å². The van der Waals surface area contributed by atoms with Crippen molar-refractivity contribution >= 4 is 0 Å². The predicted molar refractivity (Wildman–Crippen MR) is 77.3 cm³/mol. The van der Waals surface area contributed by atoms with Crippen molar-refractivity contribution in [2.45, 2.75) is 64.5 Å². The van der Waals surface area contributed by atoms with Gasteiger partial charge >= 0.3 is 0 Å². The molecule has 20 heavy (non-hydrogen) atoms. The normalized spacial score (nSPS) is 28.5. The van der Waals surface area contributed by atoms with Crippen LogP contribution in [0.2, 0.25) is 0 Å². The standard InChI is InChI=1S/C15H27N3O2/c1-5-9-16-12(3)13-17-14(18-20-13)15(19-4)8-6-7-11(2)10-15/h11-12,16H,5-10H2,1-4H3. The zero-order chi connectivity index (χ0) is 14.6. The highest BCUT2D eigenvalue weighted by atomic mass is 16.5. The van der Waals surface area contributed by atoms with Gasteiger partial charge in [-0.15, -0.1) is 0 Å². The highest BCUT2D eigenvalue weighted by Gasteiger charge is 2.41. The Labute approximate surface area is 121 Å². The molecule has 1 saturated carbocycles. The van der Waals surface area contributed by atoms with Gasteiger partial charge in [-0.25, -0.2) is 0 Å². The van der Waals surface area contributed by atoms with Crippen molar-refractivity contribution in [1.29, 1.82) is 0 Å². The third kappa shape index (κ3) is 3.20. The second-order valence-corrected chi connectivity index (χ2v) is 6.03. The van der Waals surface area contributed by atoms with Crippen LogP contribution in [0.3, 0.4) is 0 Å². The summed E-state index contributed by atoms with van der Waals surface area (Å²) in [4.78, 5) is 4.60. The maximum Gasteiger partial charge on any atom is 0.243 e. The van der Waals surface area contributed by atoms with Gasteiger partial charge in [0.1, 0.15) is 5.60 Å². The molecule has 0 radical (unpaired) electrons. The third-order valence-electron chi connectivity index (χ3n) is 4.27. The summed E-state index contributed by atoms with van der Waals surface area (Å²) < 4.78 is 11.2. The van der Waals surface area contributed by atoms with E-state index in [2.05, 4.69) is 36.2 Å². The highest BCUT2D eigenvalue weighted by Crippen LogP contribution is 2.41. The van der Waals surface area contributed by atoms with Crippen molar-refractivity contribution < 1.29 is 9.26 Å². The van der Waals surface area contributed by atoms with Gasteiger partial charge in [-0.2, -0.15) is 4.98 Å². The van der Waals surface area contributed by atoms with Crippen LogP contribution in [0, 0.1) is 5.92 Å². The number of hydrogen-bond acceptors (Lipinski definition) is 5. The van der Waals surface area contributed by atoms with Gasteiger partial charge in [-0.3, -0.25) is 0 Å². The Bertz CT molecular complexity index is 421. The van der Waals surface area contributed by atoms with Crippen LogP contribution < -0.4 is 5.32 Å². The van der Waals surface area contributed by atoms with E-state index < -0.39 is 0 Å². The second-order valence-electron chi connectivity index (χ2n) is 6.03. The van der Waals surface area contributed by atoms with Crippen LogP contribution in [0.15, 0.2) is 4.52 Å². The van der Waals surface area contributed by atoms with Gasteiger partial charge in [-0.05, 0) is 45.1 Å². The van der Waals surface area contributed by atoms with E-state index in [0.717, 1.165) is 32.2 Å². The summed E-state index contributed by atoms with van der Waals surface area (Å²) in [5.74, 6) is 2.01. The van der Waals surface area contributed by atoms with E-state index in [-0.39, 0.29) is 11.6 Å².